The number of rotatable bonds is 2. The van der Waals surface area contributed by atoms with Crippen LogP contribution in [0.15, 0.2) is 22.7 Å². The quantitative estimate of drug-likeness (QED) is 0.742. The SMILES string of the molecule is CC1(C)C(=O)N(C2CC(C)(N3CCCCC3)C2)c2cc(Br)ccc21. The van der Waals surface area contributed by atoms with Gasteiger partial charge in [0, 0.05) is 21.7 Å². The van der Waals surface area contributed by atoms with Gasteiger partial charge in [0.05, 0.1) is 5.41 Å². The number of carbonyl (C=O) groups is 1. The van der Waals surface area contributed by atoms with Gasteiger partial charge in [-0.05, 0) is 77.2 Å². The minimum atomic E-state index is -0.410. The van der Waals surface area contributed by atoms with Gasteiger partial charge in [0.25, 0.3) is 0 Å². The van der Waals surface area contributed by atoms with Crippen molar-refractivity contribution in [1.29, 1.82) is 0 Å². The van der Waals surface area contributed by atoms with E-state index in [9.17, 15) is 4.79 Å². The average molecular weight is 391 g/mol. The molecular weight excluding hydrogens is 364 g/mol. The number of piperidine rings is 1. The Morgan fingerprint density at radius 2 is 1.75 bits per heavy atom. The largest absolute Gasteiger partial charge is 0.308 e. The summed E-state index contributed by atoms with van der Waals surface area (Å²) < 4.78 is 1.05. The zero-order chi connectivity index (χ0) is 17.1. The van der Waals surface area contributed by atoms with Crippen LogP contribution in [0.1, 0.15) is 58.4 Å². The van der Waals surface area contributed by atoms with Crippen molar-refractivity contribution in [1.82, 2.24) is 4.90 Å². The van der Waals surface area contributed by atoms with Crippen LogP contribution in [0.2, 0.25) is 0 Å². The fourth-order valence-corrected chi connectivity index (χ4v) is 5.30. The van der Waals surface area contributed by atoms with Crippen molar-refractivity contribution in [2.24, 2.45) is 0 Å². The number of likely N-dealkylation sites (tertiary alicyclic amines) is 1. The Balaban J connectivity index is 1.58. The van der Waals surface area contributed by atoms with Crippen molar-refractivity contribution in [3.8, 4) is 0 Å². The van der Waals surface area contributed by atoms with Crippen LogP contribution in [0.5, 0.6) is 0 Å². The first-order valence-electron chi connectivity index (χ1n) is 9.22. The molecule has 1 aromatic carbocycles. The first-order valence-corrected chi connectivity index (χ1v) is 10.0. The van der Waals surface area contributed by atoms with Crippen LogP contribution < -0.4 is 4.90 Å². The molecule has 0 radical (unpaired) electrons. The van der Waals surface area contributed by atoms with Gasteiger partial charge in [-0.2, -0.15) is 0 Å². The topological polar surface area (TPSA) is 23.6 Å². The van der Waals surface area contributed by atoms with E-state index in [1.54, 1.807) is 0 Å². The van der Waals surface area contributed by atoms with Crippen molar-refractivity contribution < 1.29 is 4.79 Å². The van der Waals surface area contributed by atoms with Crippen molar-refractivity contribution in [2.45, 2.75) is 69.9 Å². The summed E-state index contributed by atoms with van der Waals surface area (Å²) >= 11 is 3.58. The van der Waals surface area contributed by atoms with Gasteiger partial charge in [-0.1, -0.05) is 28.4 Å². The lowest BCUT2D eigenvalue weighted by Gasteiger charge is -2.55. The van der Waals surface area contributed by atoms with Gasteiger partial charge in [0.1, 0.15) is 0 Å². The number of anilines is 1. The number of halogens is 1. The number of benzene rings is 1. The fraction of sp³-hybridized carbons (Fsp3) is 0.650. The van der Waals surface area contributed by atoms with E-state index in [0.717, 1.165) is 23.0 Å². The third kappa shape index (κ3) is 2.37. The van der Waals surface area contributed by atoms with Gasteiger partial charge in [-0.25, -0.2) is 0 Å². The molecular formula is C20H27BrN2O. The van der Waals surface area contributed by atoms with Gasteiger partial charge in [-0.15, -0.1) is 0 Å². The first kappa shape index (κ1) is 16.6. The maximum Gasteiger partial charge on any atom is 0.237 e. The second kappa shape index (κ2) is 5.57. The molecule has 0 unspecified atom stereocenters. The number of hydrogen-bond acceptors (Lipinski definition) is 2. The highest BCUT2D eigenvalue weighted by molar-refractivity contribution is 9.10. The molecule has 1 saturated heterocycles. The summed E-state index contributed by atoms with van der Waals surface area (Å²) in [6, 6.07) is 6.63. The zero-order valence-corrected chi connectivity index (χ0v) is 16.5. The van der Waals surface area contributed by atoms with E-state index >= 15 is 0 Å². The summed E-state index contributed by atoms with van der Waals surface area (Å²) in [6.45, 7) is 8.97. The molecule has 4 heteroatoms. The molecule has 1 aliphatic carbocycles. The lowest BCUT2D eigenvalue weighted by atomic mass is 9.71. The highest BCUT2D eigenvalue weighted by Gasteiger charge is 2.53. The number of nitrogens with zero attached hydrogens (tertiary/aromatic N) is 2. The van der Waals surface area contributed by atoms with Gasteiger partial charge >= 0.3 is 0 Å². The number of amides is 1. The Bertz CT molecular complexity index is 672. The van der Waals surface area contributed by atoms with E-state index in [0.29, 0.717) is 6.04 Å². The summed E-state index contributed by atoms with van der Waals surface area (Å²) in [6.07, 6.45) is 6.22. The average Bonchev–Trinajstić information content (AvgIpc) is 2.72. The Morgan fingerprint density at radius 1 is 1.08 bits per heavy atom. The zero-order valence-electron chi connectivity index (χ0n) is 14.9. The minimum absolute atomic E-state index is 0.265. The maximum atomic E-state index is 13.1. The summed E-state index contributed by atoms with van der Waals surface area (Å²) in [5.41, 5.74) is 2.16. The van der Waals surface area contributed by atoms with Gasteiger partial charge in [-0.3, -0.25) is 9.69 Å². The molecule has 2 fully saturated rings. The highest BCUT2D eigenvalue weighted by atomic mass is 79.9. The van der Waals surface area contributed by atoms with E-state index in [4.69, 9.17) is 0 Å². The fourth-order valence-electron chi connectivity index (χ4n) is 4.95. The van der Waals surface area contributed by atoms with Crippen LogP contribution in [0.3, 0.4) is 0 Å². The van der Waals surface area contributed by atoms with Gasteiger partial charge in [0.2, 0.25) is 5.91 Å². The second-order valence-electron chi connectivity index (χ2n) is 8.57. The molecule has 3 aliphatic rings. The van der Waals surface area contributed by atoms with Crippen molar-refractivity contribution in [3.63, 3.8) is 0 Å². The number of hydrogen-bond donors (Lipinski definition) is 0. The summed E-state index contributed by atoms with van der Waals surface area (Å²) in [5.74, 6) is 0.265. The first-order chi connectivity index (χ1) is 11.3. The van der Waals surface area contributed by atoms with E-state index in [-0.39, 0.29) is 11.4 Å². The Labute approximate surface area is 153 Å². The van der Waals surface area contributed by atoms with E-state index in [1.165, 1.54) is 37.9 Å². The molecule has 1 saturated carbocycles. The molecule has 24 heavy (non-hydrogen) atoms. The number of fused-ring (bicyclic) bond motifs is 1. The van der Waals surface area contributed by atoms with Gasteiger partial charge in [0.15, 0.2) is 0 Å². The standard InChI is InChI=1S/C20H27BrN2O/c1-19(2)16-8-7-14(21)11-17(16)23(18(19)24)15-12-20(3,13-15)22-9-5-4-6-10-22/h7-8,11,15H,4-6,9-10,12-13H2,1-3H3. The van der Waals surface area contributed by atoms with Crippen LogP contribution in [0.25, 0.3) is 0 Å². The molecule has 4 rings (SSSR count). The molecule has 0 bridgehead atoms. The van der Waals surface area contributed by atoms with Crippen LogP contribution in [-0.2, 0) is 10.2 Å². The minimum Gasteiger partial charge on any atom is -0.308 e. The van der Waals surface area contributed by atoms with Crippen molar-refractivity contribution in [3.05, 3.63) is 28.2 Å². The Morgan fingerprint density at radius 3 is 2.42 bits per heavy atom. The molecule has 1 aromatic rings. The Hall–Kier alpha value is -0.870. The van der Waals surface area contributed by atoms with Crippen LogP contribution >= 0.6 is 15.9 Å². The molecule has 2 aliphatic heterocycles. The normalized spacial score (nSPS) is 32.6. The lowest BCUT2D eigenvalue weighted by molar-refractivity contribution is -0.123. The van der Waals surface area contributed by atoms with Crippen LogP contribution in [0, 0.1) is 0 Å². The van der Waals surface area contributed by atoms with Crippen molar-refractivity contribution in [2.75, 3.05) is 18.0 Å². The summed E-state index contributed by atoms with van der Waals surface area (Å²) in [7, 11) is 0. The molecule has 1 amide bonds. The third-order valence-electron chi connectivity index (χ3n) is 6.48. The van der Waals surface area contributed by atoms with E-state index in [2.05, 4.69) is 64.7 Å². The van der Waals surface area contributed by atoms with Gasteiger partial charge < -0.3 is 4.90 Å². The Kier molecular flexibility index (Phi) is 3.85. The molecule has 2 heterocycles. The van der Waals surface area contributed by atoms with E-state index in [1.807, 2.05) is 0 Å². The smallest absolute Gasteiger partial charge is 0.237 e. The summed E-state index contributed by atoms with van der Waals surface area (Å²) in [5, 5.41) is 0. The molecule has 0 N–H and O–H groups in total. The predicted octanol–water partition coefficient (Wildman–Crippen LogP) is 4.48. The van der Waals surface area contributed by atoms with Crippen molar-refractivity contribution >= 4 is 27.5 Å². The highest BCUT2D eigenvalue weighted by Crippen LogP contribution is 2.50. The lowest BCUT2D eigenvalue weighted by Crippen LogP contribution is -2.64. The molecule has 130 valence electrons. The van der Waals surface area contributed by atoms with E-state index < -0.39 is 5.41 Å². The third-order valence-corrected chi connectivity index (χ3v) is 6.97. The van der Waals surface area contributed by atoms with Crippen LogP contribution in [0.4, 0.5) is 5.69 Å². The number of carbonyl (C=O) groups excluding carboxylic acids is 1. The molecule has 0 atom stereocenters. The maximum absolute atomic E-state index is 13.1. The summed E-state index contributed by atoms with van der Waals surface area (Å²) in [4.78, 5) is 17.9. The predicted molar refractivity (Wildman–Crippen MR) is 102 cm³/mol. The monoisotopic (exact) mass is 390 g/mol. The molecule has 0 aromatic heterocycles. The molecule has 0 spiro atoms. The molecule has 3 nitrogen and oxygen atoms in total. The second-order valence-corrected chi connectivity index (χ2v) is 9.48. The van der Waals surface area contributed by atoms with Crippen LogP contribution in [-0.4, -0.2) is 35.5 Å².